The molecule has 1 aromatic heterocycles. The molecule has 0 aromatic carbocycles. The summed E-state index contributed by atoms with van der Waals surface area (Å²) in [7, 11) is -3.07. The van der Waals surface area contributed by atoms with Crippen LogP contribution < -0.4 is 5.73 Å². The van der Waals surface area contributed by atoms with Gasteiger partial charge in [-0.15, -0.1) is 0 Å². The quantitative estimate of drug-likeness (QED) is 0.800. The monoisotopic (exact) mass is 228 g/mol. The molecule has 1 heterocycles. The highest BCUT2D eigenvalue weighted by molar-refractivity contribution is 7.90. The summed E-state index contributed by atoms with van der Waals surface area (Å²) in [6, 6.07) is 3.49. The van der Waals surface area contributed by atoms with Crippen LogP contribution in [0.1, 0.15) is 12.5 Å². The molecule has 4 nitrogen and oxygen atoms in total. The van der Waals surface area contributed by atoms with E-state index in [1.807, 2.05) is 6.92 Å². The van der Waals surface area contributed by atoms with Crippen LogP contribution in [0.25, 0.3) is 0 Å². The zero-order valence-corrected chi connectivity index (χ0v) is 9.57. The Morgan fingerprint density at radius 2 is 2.27 bits per heavy atom. The number of hydrogen-bond acceptors (Lipinski definition) is 4. The Balaban J connectivity index is 2.65. The maximum atomic E-state index is 11.7. The van der Waals surface area contributed by atoms with Gasteiger partial charge in [-0.05, 0) is 24.1 Å². The van der Waals surface area contributed by atoms with Crippen molar-refractivity contribution in [2.24, 2.45) is 11.7 Å². The highest BCUT2D eigenvalue weighted by atomic mass is 32.2. The maximum Gasteiger partial charge on any atom is 0.154 e. The van der Waals surface area contributed by atoms with Gasteiger partial charge in [0.25, 0.3) is 0 Å². The van der Waals surface area contributed by atoms with Crippen LogP contribution in [0.4, 0.5) is 0 Å². The molecule has 1 atom stereocenters. The summed E-state index contributed by atoms with van der Waals surface area (Å²) in [5, 5.41) is 0. The van der Waals surface area contributed by atoms with Crippen LogP contribution in [-0.2, 0) is 15.6 Å². The second-order valence-corrected chi connectivity index (χ2v) is 5.87. The van der Waals surface area contributed by atoms with Gasteiger partial charge in [-0.2, -0.15) is 0 Å². The van der Waals surface area contributed by atoms with Crippen molar-refractivity contribution in [2.75, 3.05) is 12.3 Å². The van der Waals surface area contributed by atoms with E-state index < -0.39 is 9.84 Å². The number of hydrogen-bond donors (Lipinski definition) is 1. The molecular weight excluding hydrogens is 212 g/mol. The smallest absolute Gasteiger partial charge is 0.154 e. The summed E-state index contributed by atoms with van der Waals surface area (Å²) in [6.45, 7) is 2.23. The molecule has 0 aliphatic heterocycles. The van der Waals surface area contributed by atoms with Crippen LogP contribution >= 0.6 is 0 Å². The number of rotatable bonds is 5. The first-order valence-corrected chi connectivity index (χ1v) is 6.65. The lowest BCUT2D eigenvalue weighted by Gasteiger charge is -2.08. The van der Waals surface area contributed by atoms with Crippen LogP contribution in [0.5, 0.6) is 0 Å². The van der Waals surface area contributed by atoms with E-state index in [1.54, 1.807) is 24.5 Å². The third kappa shape index (κ3) is 4.40. The number of aromatic nitrogens is 1. The van der Waals surface area contributed by atoms with Gasteiger partial charge in [0.15, 0.2) is 9.84 Å². The van der Waals surface area contributed by atoms with Gasteiger partial charge in [0, 0.05) is 12.4 Å². The van der Waals surface area contributed by atoms with E-state index in [1.165, 1.54) is 0 Å². The normalized spacial score (nSPS) is 13.7. The van der Waals surface area contributed by atoms with Crippen LogP contribution in [0, 0.1) is 5.92 Å². The van der Waals surface area contributed by atoms with Crippen molar-refractivity contribution in [3.05, 3.63) is 30.1 Å². The molecule has 0 aliphatic rings. The zero-order chi connectivity index (χ0) is 11.3. The second-order valence-electron chi connectivity index (χ2n) is 3.76. The Morgan fingerprint density at radius 1 is 1.53 bits per heavy atom. The molecule has 0 amide bonds. The molecular formula is C10H16N2O2S. The lowest BCUT2D eigenvalue weighted by molar-refractivity contribution is 0.573. The molecule has 84 valence electrons. The van der Waals surface area contributed by atoms with Crippen molar-refractivity contribution in [2.45, 2.75) is 12.7 Å². The summed E-state index contributed by atoms with van der Waals surface area (Å²) in [5.74, 6) is 0.190. The van der Waals surface area contributed by atoms with E-state index in [0.717, 1.165) is 5.56 Å². The Labute approximate surface area is 90.4 Å². The van der Waals surface area contributed by atoms with Gasteiger partial charge in [-0.1, -0.05) is 13.0 Å². The van der Waals surface area contributed by atoms with E-state index in [4.69, 9.17) is 5.73 Å². The van der Waals surface area contributed by atoms with Gasteiger partial charge in [0.05, 0.1) is 11.5 Å². The zero-order valence-electron chi connectivity index (χ0n) is 8.76. The van der Waals surface area contributed by atoms with Gasteiger partial charge in [0.1, 0.15) is 0 Å². The van der Waals surface area contributed by atoms with Crippen molar-refractivity contribution in [1.29, 1.82) is 0 Å². The van der Waals surface area contributed by atoms with Gasteiger partial charge in [-0.3, -0.25) is 4.98 Å². The maximum absolute atomic E-state index is 11.7. The average molecular weight is 228 g/mol. The molecule has 0 saturated carbocycles. The topological polar surface area (TPSA) is 73.1 Å². The minimum absolute atomic E-state index is 0.00618. The Bertz CT molecular complexity index is 389. The number of pyridine rings is 1. The summed E-state index contributed by atoms with van der Waals surface area (Å²) < 4.78 is 23.4. The molecule has 0 aliphatic carbocycles. The molecule has 0 radical (unpaired) electrons. The fourth-order valence-electron chi connectivity index (χ4n) is 1.30. The van der Waals surface area contributed by atoms with Crippen LogP contribution in [0.15, 0.2) is 24.5 Å². The molecule has 1 unspecified atom stereocenters. The Hall–Kier alpha value is -0.940. The number of nitrogens with two attached hydrogens (primary N) is 1. The fourth-order valence-corrected chi connectivity index (χ4v) is 3.10. The van der Waals surface area contributed by atoms with Crippen molar-refractivity contribution in [3.8, 4) is 0 Å². The van der Waals surface area contributed by atoms with E-state index in [2.05, 4.69) is 4.98 Å². The highest BCUT2D eigenvalue weighted by Crippen LogP contribution is 2.08. The van der Waals surface area contributed by atoms with Crippen LogP contribution in [0.3, 0.4) is 0 Å². The Morgan fingerprint density at radius 3 is 2.80 bits per heavy atom. The summed E-state index contributed by atoms with van der Waals surface area (Å²) in [5.41, 5.74) is 6.12. The lowest BCUT2D eigenvalue weighted by Crippen LogP contribution is -2.22. The summed E-state index contributed by atoms with van der Waals surface area (Å²) in [4.78, 5) is 3.88. The van der Waals surface area contributed by atoms with E-state index in [0.29, 0.717) is 6.54 Å². The molecule has 5 heteroatoms. The third-order valence-electron chi connectivity index (χ3n) is 2.05. The van der Waals surface area contributed by atoms with Gasteiger partial charge < -0.3 is 5.73 Å². The predicted molar refractivity (Wildman–Crippen MR) is 59.9 cm³/mol. The van der Waals surface area contributed by atoms with E-state index in [-0.39, 0.29) is 17.4 Å². The molecule has 0 fully saturated rings. The van der Waals surface area contributed by atoms with Crippen molar-refractivity contribution in [3.63, 3.8) is 0 Å². The molecule has 0 bridgehead atoms. The first kappa shape index (κ1) is 12.1. The van der Waals surface area contributed by atoms with Crippen LogP contribution in [0.2, 0.25) is 0 Å². The van der Waals surface area contributed by atoms with Gasteiger partial charge >= 0.3 is 0 Å². The van der Waals surface area contributed by atoms with Gasteiger partial charge in [-0.25, -0.2) is 8.42 Å². The van der Waals surface area contributed by atoms with Crippen molar-refractivity contribution in [1.82, 2.24) is 4.98 Å². The minimum atomic E-state index is -3.07. The van der Waals surface area contributed by atoms with Crippen molar-refractivity contribution < 1.29 is 8.42 Å². The summed E-state index contributed by atoms with van der Waals surface area (Å²) >= 11 is 0. The molecule has 15 heavy (non-hydrogen) atoms. The molecule has 1 rings (SSSR count). The Kier molecular flexibility index (Phi) is 4.23. The number of sulfone groups is 1. The SMILES string of the molecule is CC(CN)CS(=O)(=O)Cc1cccnc1. The standard InChI is InChI=1S/C10H16N2O2S/c1-9(5-11)7-15(13,14)8-10-3-2-4-12-6-10/h2-4,6,9H,5,7-8,11H2,1H3. The minimum Gasteiger partial charge on any atom is -0.330 e. The van der Waals surface area contributed by atoms with Crippen molar-refractivity contribution >= 4 is 9.84 Å². The van der Waals surface area contributed by atoms with Gasteiger partial charge in [0.2, 0.25) is 0 Å². The van der Waals surface area contributed by atoms with E-state index in [9.17, 15) is 8.42 Å². The average Bonchev–Trinajstić information content (AvgIpc) is 2.17. The molecule has 0 saturated heterocycles. The first-order valence-electron chi connectivity index (χ1n) is 4.83. The van der Waals surface area contributed by atoms with E-state index >= 15 is 0 Å². The lowest BCUT2D eigenvalue weighted by atomic mass is 10.2. The largest absolute Gasteiger partial charge is 0.330 e. The van der Waals surface area contributed by atoms with Crippen LogP contribution in [-0.4, -0.2) is 25.7 Å². The first-order chi connectivity index (χ1) is 7.03. The summed E-state index contributed by atoms with van der Waals surface area (Å²) in [6.07, 6.45) is 3.20. The molecule has 2 N–H and O–H groups in total. The predicted octanol–water partition coefficient (Wildman–Crippen LogP) is 0.591. The second kappa shape index (κ2) is 5.23. The number of nitrogens with zero attached hydrogens (tertiary/aromatic N) is 1. The highest BCUT2D eigenvalue weighted by Gasteiger charge is 2.15. The third-order valence-corrected chi connectivity index (χ3v) is 3.90. The fraction of sp³-hybridized carbons (Fsp3) is 0.500. The molecule has 1 aromatic rings. The molecule has 0 spiro atoms.